The number of carbonyl (C=O) groups is 2. The molecule has 1 unspecified atom stereocenters. The van der Waals surface area contributed by atoms with Crippen LogP contribution in [0.2, 0.25) is 0 Å². The predicted octanol–water partition coefficient (Wildman–Crippen LogP) is 2.40. The summed E-state index contributed by atoms with van der Waals surface area (Å²) >= 11 is 0. The van der Waals surface area contributed by atoms with Gasteiger partial charge in [0, 0.05) is 32.1 Å². The Bertz CT molecular complexity index is 564. The van der Waals surface area contributed by atoms with Crippen LogP contribution < -0.4 is 5.32 Å². The lowest BCUT2D eigenvalue weighted by atomic mass is 9.93. The van der Waals surface area contributed by atoms with E-state index >= 15 is 0 Å². The lowest BCUT2D eigenvalue weighted by Crippen LogP contribution is -2.32. The zero-order chi connectivity index (χ0) is 15.9. The third kappa shape index (κ3) is 4.45. The maximum Gasteiger partial charge on any atom is 0.253 e. The number of amides is 2. The molecule has 0 radical (unpaired) electrons. The Morgan fingerprint density at radius 1 is 1.27 bits per heavy atom. The average Bonchev–Trinajstić information content (AvgIpc) is 2.55. The molecule has 2 amide bonds. The number of hydrogen-bond acceptors (Lipinski definition) is 2. The van der Waals surface area contributed by atoms with Crippen LogP contribution >= 0.6 is 0 Å². The molecule has 1 aromatic carbocycles. The van der Waals surface area contributed by atoms with E-state index in [2.05, 4.69) is 17.5 Å². The van der Waals surface area contributed by atoms with Crippen LogP contribution in [0.15, 0.2) is 36.4 Å². The first kappa shape index (κ1) is 16.3. The number of carbonyl (C=O) groups excluding carboxylic acids is 2. The van der Waals surface area contributed by atoms with Gasteiger partial charge in [-0.25, -0.2) is 0 Å². The van der Waals surface area contributed by atoms with Crippen LogP contribution in [0.4, 0.5) is 0 Å². The predicted molar refractivity (Wildman–Crippen MR) is 87.7 cm³/mol. The average molecular weight is 300 g/mol. The van der Waals surface area contributed by atoms with Gasteiger partial charge in [-0.05, 0) is 43.4 Å². The Balaban J connectivity index is 1.84. The highest BCUT2D eigenvalue weighted by Gasteiger charge is 2.17. The second-order valence-electron chi connectivity index (χ2n) is 5.92. The lowest BCUT2D eigenvalue weighted by Gasteiger charge is -2.17. The first-order valence-corrected chi connectivity index (χ1v) is 7.81. The van der Waals surface area contributed by atoms with Crippen molar-refractivity contribution >= 4 is 11.8 Å². The Kier molecular flexibility index (Phi) is 5.75. The number of nitrogens with one attached hydrogen (secondary N) is 1. The van der Waals surface area contributed by atoms with Crippen molar-refractivity contribution in [2.45, 2.75) is 25.7 Å². The maximum atomic E-state index is 12.0. The highest BCUT2D eigenvalue weighted by molar-refractivity contribution is 5.94. The highest BCUT2D eigenvalue weighted by atomic mass is 16.2. The minimum atomic E-state index is -0.000113. The summed E-state index contributed by atoms with van der Waals surface area (Å²) in [7, 11) is 3.49. The number of hydrogen-bond donors (Lipinski definition) is 1. The highest BCUT2D eigenvalue weighted by Crippen LogP contribution is 2.18. The summed E-state index contributed by atoms with van der Waals surface area (Å²) in [6, 6.07) is 7.60. The van der Waals surface area contributed by atoms with Crippen LogP contribution in [0.3, 0.4) is 0 Å². The van der Waals surface area contributed by atoms with Gasteiger partial charge >= 0.3 is 0 Å². The Hall–Kier alpha value is -2.10. The first-order chi connectivity index (χ1) is 10.6. The van der Waals surface area contributed by atoms with Gasteiger partial charge in [-0.15, -0.1) is 0 Å². The van der Waals surface area contributed by atoms with E-state index in [1.54, 1.807) is 19.0 Å². The standard InChI is InChI=1S/C18H24N2O2/c1-20(2)18(22)16-10-6-7-14(13-16)11-12-19-17(21)15-8-4-3-5-9-15/h3-4,6-7,10,13,15H,5,8-9,11-12H2,1-2H3,(H,19,21). The number of nitrogens with zero attached hydrogens (tertiary/aromatic N) is 1. The molecule has 1 aromatic rings. The Morgan fingerprint density at radius 2 is 2.09 bits per heavy atom. The summed E-state index contributed by atoms with van der Waals surface area (Å²) < 4.78 is 0. The van der Waals surface area contributed by atoms with E-state index in [1.165, 1.54) is 0 Å². The van der Waals surface area contributed by atoms with E-state index in [0.29, 0.717) is 12.1 Å². The van der Waals surface area contributed by atoms with Crippen LogP contribution in [0.1, 0.15) is 35.2 Å². The third-order valence-electron chi connectivity index (χ3n) is 3.93. The molecular weight excluding hydrogens is 276 g/mol. The Labute approximate surface area is 132 Å². The summed E-state index contributed by atoms with van der Waals surface area (Å²) in [5.41, 5.74) is 1.75. The van der Waals surface area contributed by atoms with Crippen molar-refractivity contribution in [3.8, 4) is 0 Å². The molecule has 22 heavy (non-hydrogen) atoms. The molecule has 0 aliphatic heterocycles. The number of benzene rings is 1. The fraction of sp³-hybridized carbons (Fsp3) is 0.444. The van der Waals surface area contributed by atoms with Gasteiger partial charge in [0.1, 0.15) is 0 Å². The third-order valence-corrected chi connectivity index (χ3v) is 3.93. The number of rotatable bonds is 5. The lowest BCUT2D eigenvalue weighted by molar-refractivity contribution is -0.125. The van der Waals surface area contributed by atoms with Crippen LogP contribution in [0.5, 0.6) is 0 Å². The van der Waals surface area contributed by atoms with Crippen LogP contribution in [-0.2, 0) is 11.2 Å². The van der Waals surface area contributed by atoms with E-state index in [1.807, 2.05) is 24.3 Å². The molecule has 0 aromatic heterocycles. The second-order valence-corrected chi connectivity index (χ2v) is 5.92. The minimum Gasteiger partial charge on any atom is -0.356 e. The fourth-order valence-corrected chi connectivity index (χ4v) is 2.62. The van der Waals surface area contributed by atoms with Crippen molar-refractivity contribution in [1.82, 2.24) is 10.2 Å². The molecule has 4 heteroatoms. The van der Waals surface area contributed by atoms with E-state index < -0.39 is 0 Å². The molecule has 1 N–H and O–H groups in total. The molecule has 0 fully saturated rings. The van der Waals surface area contributed by atoms with Gasteiger partial charge in [-0.2, -0.15) is 0 Å². The molecule has 0 bridgehead atoms. The molecule has 1 aliphatic carbocycles. The topological polar surface area (TPSA) is 49.4 Å². The molecule has 0 heterocycles. The minimum absolute atomic E-state index is 0.000113. The summed E-state index contributed by atoms with van der Waals surface area (Å²) in [5, 5.41) is 3.00. The zero-order valence-corrected chi connectivity index (χ0v) is 13.3. The monoisotopic (exact) mass is 300 g/mol. The van der Waals surface area contributed by atoms with Crippen molar-refractivity contribution in [1.29, 1.82) is 0 Å². The molecule has 0 spiro atoms. The van der Waals surface area contributed by atoms with Crippen molar-refractivity contribution in [2.24, 2.45) is 5.92 Å². The Morgan fingerprint density at radius 3 is 2.77 bits per heavy atom. The van der Waals surface area contributed by atoms with Crippen molar-refractivity contribution in [3.05, 3.63) is 47.5 Å². The van der Waals surface area contributed by atoms with Gasteiger partial charge in [0.25, 0.3) is 5.91 Å². The van der Waals surface area contributed by atoms with Gasteiger partial charge in [-0.3, -0.25) is 9.59 Å². The molecule has 1 aliphatic rings. The molecule has 0 saturated carbocycles. The smallest absolute Gasteiger partial charge is 0.253 e. The molecule has 2 rings (SSSR count). The summed E-state index contributed by atoms with van der Waals surface area (Å²) in [6.45, 7) is 0.610. The van der Waals surface area contributed by atoms with Crippen LogP contribution in [0.25, 0.3) is 0 Å². The van der Waals surface area contributed by atoms with Gasteiger partial charge in [-0.1, -0.05) is 24.3 Å². The number of allylic oxidation sites excluding steroid dienone is 2. The molecule has 0 saturated heterocycles. The zero-order valence-electron chi connectivity index (χ0n) is 13.3. The van der Waals surface area contributed by atoms with E-state index in [9.17, 15) is 9.59 Å². The van der Waals surface area contributed by atoms with E-state index in [0.717, 1.165) is 31.2 Å². The normalized spacial score (nSPS) is 17.1. The van der Waals surface area contributed by atoms with Crippen molar-refractivity contribution in [3.63, 3.8) is 0 Å². The summed E-state index contributed by atoms with van der Waals surface area (Å²) in [6.07, 6.45) is 7.74. The van der Waals surface area contributed by atoms with E-state index in [-0.39, 0.29) is 17.7 Å². The molecular formula is C18H24N2O2. The van der Waals surface area contributed by atoms with Gasteiger partial charge in [0.2, 0.25) is 5.91 Å². The van der Waals surface area contributed by atoms with Gasteiger partial charge in [0.05, 0.1) is 0 Å². The largest absolute Gasteiger partial charge is 0.356 e. The second kappa shape index (κ2) is 7.78. The summed E-state index contributed by atoms with van der Waals surface area (Å²) in [4.78, 5) is 25.5. The fourth-order valence-electron chi connectivity index (χ4n) is 2.62. The quantitative estimate of drug-likeness (QED) is 0.849. The van der Waals surface area contributed by atoms with Crippen LogP contribution in [0, 0.1) is 5.92 Å². The maximum absolute atomic E-state index is 12.0. The molecule has 1 atom stereocenters. The van der Waals surface area contributed by atoms with Crippen molar-refractivity contribution in [2.75, 3.05) is 20.6 Å². The first-order valence-electron chi connectivity index (χ1n) is 7.81. The molecule has 118 valence electrons. The molecule has 4 nitrogen and oxygen atoms in total. The van der Waals surface area contributed by atoms with Crippen molar-refractivity contribution < 1.29 is 9.59 Å². The van der Waals surface area contributed by atoms with Crippen LogP contribution in [-0.4, -0.2) is 37.4 Å². The van der Waals surface area contributed by atoms with Gasteiger partial charge in [0.15, 0.2) is 0 Å². The van der Waals surface area contributed by atoms with E-state index in [4.69, 9.17) is 0 Å². The SMILES string of the molecule is CN(C)C(=O)c1cccc(CCNC(=O)C2CC=CCC2)c1. The van der Waals surface area contributed by atoms with Gasteiger partial charge < -0.3 is 10.2 Å². The summed E-state index contributed by atoms with van der Waals surface area (Å²) in [5.74, 6) is 0.261.